The van der Waals surface area contributed by atoms with Crippen molar-refractivity contribution in [1.82, 2.24) is 0 Å². The molecule has 0 amide bonds. The Bertz CT molecular complexity index is 1300. The van der Waals surface area contributed by atoms with Crippen LogP contribution < -0.4 is 0 Å². The van der Waals surface area contributed by atoms with E-state index in [2.05, 4.69) is 47.9 Å². The van der Waals surface area contributed by atoms with Gasteiger partial charge in [-0.3, -0.25) is 18.6 Å². The molecule has 4 N–H and O–H groups in total. The van der Waals surface area contributed by atoms with Crippen molar-refractivity contribution in [1.29, 1.82) is 0 Å². The fourth-order valence-electron chi connectivity index (χ4n) is 5.00. The summed E-state index contributed by atoms with van der Waals surface area (Å²) in [6.45, 7) is 1.97. The third kappa shape index (κ3) is 39.7. The zero-order valence-corrected chi connectivity index (χ0v) is 36.2. The molecule has 0 aliphatic carbocycles. The van der Waals surface area contributed by atoms with Crippen LogP contribution in [0.15, 0.2) is 97.2 Å². The number of aliphatic hydroxyl groups excluding tert-OH is 3. The van der Waals surface area contributed by atoms with Gasteiger partial charge >= 0.3 is 19.8 Å². The Labute approximate surface area is 349 Å². The van der Waals surface area contributed by atoms with E-state index in [-0.39, 0.29) is 19.4 Å². The van der Waals surface area contributed by atoms with Gasteiger partial charge in [0.1, 0.15) is 12.7 Å². The minimum Gasteiger partial charge on any atom is -0.462 e. The second-order valence-corrected chi connectivity index (χ2v) is 15.3. The number of rotatable bonds is 38. The van der Waals surface area contributed by atoms with E-state index in [4.69, 9.17) is 19.1 Å². The summed E-state index contributed by atoms with van der Waals surface area (Å²) in [6, 6.07) is 0. The lowest BCUT2D eigenvalue weighted by molar-refractivity contribution is -0.161. The van der Waals surface area contributed by atoms with E-state index in [1.165, 1.54) is 38.5 Å². The molecule has 11 nitrogen and oxygen atoms in total. The van der Waals surface area contributed by atoms with Crippen molar-refractivity contribution >= 4 is 19.8 Å². The molecule has 0 aliphatic heterocycles. The summed E-state index contributed by atoms with van der Waals surface area (Å²) in [4.78, 5) is 34.9. The Hall–Kier alpha value is -3.15. The van der Waals surface area contributed by atoms with E-state index >= 15 is 0 Å². The normalized spacial score (nSPS) is 15.3. The molecule has 0 aromatic carbocycles. The molecule has 0 heterocycles. The minimum atomic E-state index is -4.66. The molecular formula is C46H75O11P. The first-order chi connectivity index (χ1) is 28.1. The highest BCUT2D eigenvalue weighted by atomic mass is 31.2. The van der Waals surface area contributed by atoms with Gasteiger partial charge in [0.15, 0.2) is 6.10 Å². The standard InChI is InChI=1S/C46H75O11P/c1-3-5-7-8-9-10-11-12-13-14-15-16-21-24-27-30-33-37-46(51)57-44(41-56-58(52,53)55-39-43(49)38-47)40-54-45(50)36-32-29-26-23-20-18-17-19-22-25-28-31-35-42(48)34-6-4-2/h6,12-13,15-18,22-28,31,34,42-44,47-49H,3-5,7-11,14,19-21,29-30,32-33,35-41H2,1-2H3,(H,52,53)/b13-12-,16-15-,18-17-,25-22-,26-23-,27-24-,31-28+,34-6-/t42?,43-,44+/m0/s1. The zero-order valence-electron chi connectivity index (χ0n) is 35.3. The molecule has 0 saturated heterocycles. The summed E-state index contributed by atoms with van der Waals surface area (Å²) in [5, 5.41) is 28.1. The molecule has 4 atom stereocenters. The van der Waals surface area contributed by atoms with Crippen LogP contribution >= 0.6 is 7.82 Å². The van der Waals surface area contributed by atoms with Crippen molar-refractivity contribution in [2.45, 2.75) is 154 Å². The van der Waals surface area contributed by atoms with Gasteiger partial charge in [0, 0.05) is 12.8 Å². The molecule has 0 aromatic rings. The average molecular weight is 835 g/mol. The molecule has 330 valence electrons. The first-order valence-electron chi connectivity index (χ1n) is 21.3. The molecule has 58 heavy (non-hydrogen) atoms. The van der Waals surface area contributed by atoms with Gasteiger partial charge in [0.25, 0.3) is 0 Å². The van der Waals surface area contributed by atoms with E-state index in [1.54, 1.807) is 6.08 Å². The van der Waals surface area contributed by atoms with E-state index < -0.39 is 57.9 Å². The Morgan fingerprint density at radius 1 is 0.603 bits per heavy atom. The SMILES string of the molecule is CC/C=C\C(O)C/C=C/C=C\C/C=C\C/C=C\CCCC(=O)OC[C@H](COP(=O)(O)OC[C@@H](O)CO)OC(=O)CCC/C=C\C/C=C\C/C=C\CCCCCCCC. The number of aliphatic hydroxyl groups is 3. The molecule has 0 aliphatic rings. The average Bonchev–Trinajstić information content (AvgIpc) is 3.21. The summed E-state index contributed by atoms with van der Waals surface area (Å²) in [5.74, 6) is -1.09. The number of phosphoric acid groups is 1. The highest BCUT2D eigenvalue weighted by Crippen LogP contribution is 2.43. The van der Waals surface area contributed by atoms with Crippen LogP contribution in [0.5, 0.6) is 0 Å². The number of hydrogen-bond donors (Lipinski definition) is 4. The third-order valence-corrected chi connectivity index (χ3v) is 9.25. The predicted octanol–water partition coefficient (Wildman–Crippen LogP) is 10.2. The first-order valence-corrected chi connectivity index (χ1v) is 22.8. The van der Waals surface area contributed by atoms with Crippen LogP contribution in [0.3, 0.4) is 0 Å². The predicted molar refractivity (Wildman–Crippen MR) is 234 cm³/mol. The number of esters is 2. The van der Waals surface area contributed by atoms with Crippen molar-refractivity contribution in [3.63, 3.8) is 0 Å². The third-order valence-electron chi connectivity index (χ3n) is 8.30. The molecule has 0 rings (SSSR count). The van der Waals surface area contributed by atoms with Gasteiger partial charge in [-0.05, 0) is 77.0 Å². The maximum absolute atomic E-state index is 12.6. The number of allylic oxidation sites excluding steroid dienone is 14. The first kappa shape index (κ1) is 54.9. The summed E-state index contributed by atoms with van der Waals surface area (Å²) in [5.41, 5.74) is 0. The van der Waals surface area contributed by atoms with E-state index in [1.807, 2.05) is 61.6 Å². The van der Waals surface area contributed by atoms with Crippen LogP contribution in [-0.2, 0) is 32.7 Å². The van der Waals surface area contributed by atoms with Gasteiger partial charge in [-0.1, -0.05) is 143 Å². The number of carbonyl (C=O) groups is 2. The molecule has 0 aromatic heterocycles. The van der Waals surface area contributed by atoms with Gasteiger partial charge < -0.3 is 29.7 Å². The summed E-state index contributed by atoms with van der Waals surface area (Å²) in [6.07, 6.45) is 45.9. The molecule has 0 bridgehead atoms. The van der Waals surface area contributed by atoms with Crippen LogP contribution in [0, 0.1) is 0 Å². The molecule has 12 heteroatoms. The van der Waals surface area contributed by atoms with Crippen molar-refractivity contribution in [2.24, 2.45) is 0 Å². The van der Waals surface area contributed by atoms with Gasteiger partial charge in [-0.25, -0.2) is 4.57 Å². The van der Waals surface area contributed by atoms with Gasteiger partial charge in [0.05, 0.1) is 25.9 Å². The van der Waals surface area contributed by atoms with Crippen LogP contribution in [0.4, 0.5) is 0 Å². The lowest BCUT2D eigenvalue weighted by Crippen LogP contribution is -2.29. The Kier molecular flexibility index (Phi) is 38.4. The number of ether oxygens (including phenoxy) is 2. The van der Waals surface area contributed by atoms with Crippen LogP contribution in [0.2, 0.25) is 0 Å². The Balaban J connectivity index is 4.54. The quantitative estimate of drug-likeness (QED) is 0.0154. The molecule has 0 saturated carbocycles. The van der Waals surface area contributed by atoms with Gasteiger partial charge in [0.2, 0.25) is 0 Å². The largest absolute Gasteiger partial charge is 0.472 e. The lowest BCUT2D eigenvalue weighted by Gasteiger charge is -2.20. The smallest absolute Gasteiger partial charge is 0.462 e. The number of carbonyl (C=O) groups excluding carboxylic acids is 2. The van der Waals surface area contributed by atoms with Gasteiger partial charge in [-0.15, -0.1) is 0 Å². The Morgan fingerprint density at radius 2 is 1.12 bits per heavy atom. The highest BCUT2D eigenvalue weighted by Gasteiger charge is 2.27. The Morgan fingerprint density at radius 3 is 1.72 bits per heavy atom. The fourth-order valence-corrected chi connectivity index (χ4v) is 5.79. The van der Waals surface area contributed by atoms with E-state index in [0.29, 0.717) is 32.1 Å². The second kappa shape index (κ2) is 40.6. The van der Waals surface area contributed by atoms with Crippen LogP contribution in [0.1, 0.15) is 136 Å². The fraction of sp³-hybridized carbons (Fsp3) is 0.609. The van der Waals surface area contributed by atoms with E-state index in [0.717, 1.165) is 38.5 Å². The van der Waals surface area contributed by atoms with Crippen molar-refractivity contribution in [3.05, 3.63) is 97.2 Å². The lowest BCUT2D eigenvalue weighted by atomic mass is 10.1. The minimum absolute atomic E-state index is 0.0861. The number of unbranched alkanes of at least 4 members (excludes halogenated alkanes) is 8. The summed E-state index contributed by atoms with van der Waals surface area (Å²) in [7, 11) is -4.66. The van der Waals surface area contributed by atoms with E-state index in [9.17, 15) is 29.3 Å². The number of hydrogen-bond acceptors (Lipinski definition) is 10. The van der Waals surface area contributed by atoms with Crippen molar-refractivity contribution in [3.8, 4) is 0 Å². The molecular weight excluding hydrogens is 759 g/mol. The monoisotopic (exact) mass is 835 g/mol. The molecule has 0 spiro atoms. The number of phosphoric ester groups is 1. The molecule has 0 radical (unpaired) electrons. The van der Waals surface area contributed by atoms with Crippen molar-refractivity contribution < 1.29 is 52.9 Å². The zero-order chi connectivity index (χ0) is 42.8. The summed E-state index contributed by atoms with van der Waals surface area (Å²) >= 11 is 0. The topological polar surface area (TPSA) is 169 Å². The second-order valence-electron chi connectivity index (χ2n) is 13.8. The van der Waals surface area contributed by atoms with Gasteiger partial charge in [-0.2, -0.15) is 0 Å². The highest BCUT2D eigenvalue weighted by molar-refractivity contribution is 7.47. The maximum atomic E-state index is 12.6. The van der Waals surface area contributed by atoms with Crippen LogP contribution in [0.25, 0.3) is 0 Å². The van der Waals surface area contributed by atoms with Crippen molar-refractivity contribution in [2.75, 3.05) is 26.4 Å². The maximum Gasteiger partial charge on any atom is 0.472 e. The summed E-state index contributed by atoms with van der Waals surface area (Å²) < 4.78 is 32.5. The van der Waals surface area contributed by atoms with Crippen LogP contribution in [-0.4, -0.2) is 76.9 Å². The molecule has 2 unspecified atom stereocenters. The molecule has 0 fully saturated rings.